The summed E-state index contributed by atoms with van der Waals surface area (Å²) in [6.07, 6.45) is 2.00. The second kappa shape index (κ2) is 7.75. The fourth-order valence-corrected chi connectivity index (χ4v) is 2.37. The van der Waals surface area contributed by atoms with Crippen molar-refractivity contribution in [2.45, 2.75) is 11.8 Å². The van der Waals surface area contributed by atoms with Gasteiger partial charge in [-0.05, 0) is 49.6 Å². The Kier molecular flexibility index (Phi) is 5.72. The van der Waals surface area contributed by atoms with Crippen molar-refractivity contribution in [1.82, 2.24) is 0 Å². The molecule has 0 aliphatic rings. The minimum absolute atomic E-state index is 0.154. The third-order valence-corrected chi connectivity index (χ3v) is 3.82. The van der Waals surface area contributed by atoms with Crippen LogP contribution in [0.15, 0.2) is 47.4 Å². The van der Waals surface area contributed by atoms with Crippen LogP contribution in [0, 0.1) is 0 Å². The fraction of sp³-hybridized carbons (Fsp3) is 0.235. The lowest BCUT2D eigenvalue weighted by atomic mass is 10.2. The van der Waals surface area contributed by atoms with Gasteiger partial charge in [0.1, 0.15) is 0 Å². The Balaban J connectivity index is 2.13. The number of amides is 1. The third kappa shape index (κ3) is 3.95. The molecule has 0 saturated carbocycles. The van der Waals surface area contributed by atoms with Crippen LogP contribution >= 0.6 is 11.8 Å². The number of thioether (sulfide) groups is 1. The Morgan fingerprint density at radius 2 is 1.86 bits per heavy atom. The van der Waals surface area contributed by atoms with E-state index in [1.54, 1.807) is 37.1 Å². The molecule has 1 N–H and O–H groups in total. The van der Waals surface area contributed by atoms with Gasteiger partial charge in [0.25, 0.3) is 5.91 Å². The average molecular weight is 317 g/mol. The van der Waals surface area contributed by atoms with Gasteiger partial charge in [0.2, 0.25) is 0 Å². The normalized spacial score (nSPS) is 10.1. The van der Waals surface area contributed by atoms with Crippen LogP contribution in [0.1, 0.15) is 17.3 Å². The lowest BCUT2D eigenvalue weighted by Gasteiger charge is -2.12. The SMILES string of the molecule is CCOc1ccc(NC(=O)c2ccc(SC)cc2)cc1OC. The molecule has 1 amide bonds. The summed E-state index contributed by atoms with van der Waals surface area (Å²) in [6.45, 7) is 2.47. The van der Waals surface area contributed by atoms with Crippen LogP contribution in [-0.2, 0) is 0 Å². The van der Waals surface area contributed by atoms with E-state index >= 15 is 0 Å². The molecular formula is C17H19NO3S. The van der Waals surface area contributed by atoms with Gasteiger partial charge in [-0.15, -0.1) is 11.8 Å². The van der Waals surface area contributed by atoms with Gasteiger partial charge in [-0.3, -0.25) is 4.79 Å². The maximum atomic E-state index is 12.2. The lowest BCUT2D eigenvalue weighted by molar-refractivity contribution is 0.102. The molecule has 0 saturated heterocycles. The van der Waals surface area contributed by atoms with Crippen molar-refractivity contribution in [1.29, 1.82) is 0 Å². The highest BCUT2D eigenvalue weighted by Gasteiger charge is 2.09. The van der Waals surface area contributed by atoms with Gasteiger partial charge in [-0.2, -0.15) is 0 Å². The molecule has 0 aliphatic carbocycles. The van der Waals surface area contributed by atoms with Crippen LogP contribution in [0.5, 0.6) is 11.5 Å². The Hall–Kier alpha value is -2.14. The van der Waals surface area contributed by atoms with E-state index in [2.05, 4.69) is 5.32 Å². The van der Waals surface area contributed by atoms with Crippen LogP contribution in [0.4, 0.5) is 5.69 Å². The zero-order chi connectivity index (χ0) is 15.9. The standard InChI is InChI=1S/C17H19NO3S/c1-4-21-15-10-7-13(11-16(15)20-2)18-17(19)12-5-8-14(22-3)9-6-12/h5-11H,4H2,1-3H3,(H,18,19). The number of carbonyl (C=O) groups excluding carboxylic acids is 1. The Morgan fingerprint density at radius 1 is 1.14 bits per heavy atom. The van der Waals surface area contributed by atoms with Crippen LogP contribution in [0.3, 0.4) is 0 Å². The molecule has 5 heteroatoms. The fourth-order valence-electron chi connectivity index (χ4n) is 1.97. The smallest absolute Gasteiger partial charge is 0.255 e. The Bertz CT molecular complexity index is 641. The highest BCUT2D eigenvalue weighted by Crippen LogP contribution is 2.30. The van der Waals surface area contributed by atoms with E-state index < -0.39 is 0 Å². The molecule has 22 heavy (non-hydrogen) atoms. The molecule has 0 radical (unpaired) electrons. The van der Waals surface area contributed by atoms with Crippen LogP contribution in [0.2, 0.25) is 0 Å². The molecule has 0 fully saturated rings. The van der Waals surface area contributed by atoms with E-state index in [-0.39, 0.29) is 5.91 Å². The monoisotopic (exact) mass is 317 g/mol. The predicted octanol–water partition coefficient (Wildman–Crippen LogP) is 4.07. The van der Waals surface area contributed by atoms with E-state index in [1.807, 2.05) is 37.4 Å². The highest BCUT2D eigenvalue weighted by atomic mass is 32.2. The first-order valence-electron chi connectivity index (χ1n) is 6.94. The number of rotatable bonds is 6. The molecule has 4 nitrogen and oxygen atoms in total. The second-order valence-corrected chi connectivity index (χ2v) is 5.36. The zero-order valence-electron chi connectivity index (χ0n) is 12.9. The maximum Gasteiger partial charge on any atom is 0.255 e. The van der Waals surface area contributed by atoms with Crippen molar-refractivity contribution in [3.05, 3.63) is 48.0 Å². The van der Waals surface area contributed by atoms with Gasteiger partial charge in [-0.25, -0.2) is 0 Å². The summed E-state index contributed by atoms with van der Waals surface area (Å²) in [5.41, 5.74) is 1.28. The number of ether oxygens (including phenoxy) is 2. The first kappa shape index (κ1) is 16.2. The number of methoxy groups -OCH3 is 1. The molecule has 116 valence electrons. The van der Waals surface area contributed by atoms with E-state index in [1.165, 1.54) is 0 Å². The van der Waals surface area contributed by atoms with Crippen molar-refractivity contribution in [2.75, 3.05) is 25.3 Å². The molecule has 0 unspecified atom stereocenters. The maximum absolute atomic E-state index is 12.2. The molecule has 0 heterocycles. The average Bonchev–Trinajstić information content (AvgIpc) is 2.56. The first-order valence-corrected chi connectivity index (χ1v) is 8.16. The van der Waals surface area contributed by atoms with Crippen molar-refractivity contribution in [2.24, 2.45) is 0 Å². The Labute approximate surface area is 134 Å². The largest absolute Gasteiger partial charge is 0.493 e. The van der Waals surface area contributed by atoms with Gasteiger partial charge in [0.15, 0.2) is 11.5 Å². The Morgan fingerprint density at radius 3 is 2.45 bits per heavy atom. The van der Waals surface area contributed by atoms with Crippen LogP contribution in [0.25, 0.3) is 0 Å². The van der Waals surface area contributed by atoms with Crippen molar-refractivity contribution >= 4 is 23.4 Å². The third-order valence-electron chi connectivity index (χ3n) is 3.07. The molecule has 0 bridgehead atoms. The van der Waals surface area contributed by atoms with Gasteiger partial charge in [-0.1, -0.05) is 0 Å². The summed E-state index contributed by atoms with van der Waals surface area (Å²) < 4.78 is 10.7. The van der Waals surface area contributed by atoms with Crippen LogP contribution in [-0.4, -0.2) is 25.9 Å². The number of hydrogen-bond acceptors (Lipinski definition) is 4. The lowest BCUT2D eigenvalue weighted by Crippen LogP contribution is -2.11. The number of nitrogens with one attached hydrogen (secondary N) is 1. The van der Waals surface area contributed by atoms with Gasteiger partial charge >= 0.3 is 0 Å². The highest BCUT2D eigenvalue weighted by molar-refractivity contribution is 7.98. The second-order valence-electron chi connectivity index (χ2n) is 4.48. The van der Waals surface area contributed by atoms with Gasteiger partial charge in [0, 0.05) is 22.2 Å². The molecule has 0 aliphatic heterocycles. The summed E-state index contributed by atoms with van der Waals surface area (Å²) in [7, 11) is 1.57. The quantitative estimate of drug-likeness (QED) is 0.816. The molecule has 0 spiro atoms. The molecule has 2 aromatic carbocycles. The first-order chi connectivity index (χ1) is 10.7. The van der Waals surface area contributed by atoms with Crippen molar-refractivity contribution < 1.29 is 14.3 Å². The summed E-state index contributed by atoms with van der Waals surface area (Å²) in [6, 6.07) is 12.8. The van der Waals surface area contributed by atoms with Crippen LogP contribution < -0.4 is 14.8 Å². The number of anilines is 1. The van der Waals surface area contributed by atoms with E-state index in [4.69, 9.17) is 9.47 Å². The molecular weight excluding hydrogens is 298 g/mol. The topological polar surface area (TPSA) is 47.6 Å². The number of benzene rings is 2. The molecule has 2 rings (SSSR count). The minimum Gasteiger partial charge on any atom is -0.493 e. The summed E-state index contributed by atoms with van der Waals surface area (Å²) >= 11 is 1.64. The minimum atomic E-state index is -0.154. The zero-order valence-corrected chi connectivity index (χ0v) is 13.7. The van der Waals surface area contributed by atoms with Crippen molar-refractivity contribution in [3.8, 4) is 11.5 Å². The molecule has 2 aromatic rings. The molecule has 0 atom stereocenters. The predicted molar refractivity (Wildman–Crippen MR) is 90.3 cm³/mol. The summed E-state index contributed by atoms with van der Waals surface area (Å²) in [5.74, 6) is 1.10. The summed E-state index contributed by atoms with van der Waals surface area (Å²) in [5, 5.41) is 2.86. The van der Waals surface area contributed by atoms with Gasteiger partial charge in [0.05, 0.1) is 13.7 Å². The number of carbonyl (C=O) groups is 1. The van der Waals surface area contributed by atoms with Crippen molar-refractivity contribution in [3.63, 3.8) is 0 Å². The van der Waals surface area contributed by atoms with E-state index in [0.717, 1.165) is 4.90 Å². The number of hydrogen-bond donors (Lipinski definition) is 1. The summed E-state index contributed by atoms with van der Waals surface area (Å²) in [4.78, 5) is 13.4. The van der Waals surface area contributed by atoms with E-state index in [9.17, 15) is 4.79 Å². The van der Waals surface area contributed by atoms with Gasteiger partial charge < -0.3 is 14.8 Å². The van der Waals surface area contributed by atoms with E-state index in [0.29, 0.717) is 29.4 Å². The molecule has 0 aromatic heterocycles.